The van der Waals surface area contributed by atoms with Crippen LogP contribution in [0.1, 0.15) is 201 Å². The van der Waals surface area contributed by atoms with Crippen molar-refractivity contribution in [1.82, 2.24) is 0 Å². The first-order valence-electron chi connectivity index (χ1n) is 17.3. The van der Waals surface area contributed by atoms with Gasteiger partial charge in [0, 0.05) is 0 Å². The van der Waals surface area contributed by atoms with Gasteiger partial charge in [-0.3, -0.25) is 0 Å². The summed E-state index contributed by atoms with van der Waals surface area (Å²) in [6.07, 6.45) is 48.1. The summed E-state index contributed by atoms with van der Waals surface area (Å²) in [6.45, 7) is 6.76. The minimum absolute atomic E-state index is 0.272. The molecule has 0 aromatic heterocycles. The highest BCUT2D eigenvalue weighted by atomic mass is 16.5. The highest BCUT2D eigenvalue weighted by molar-refractivity contribution is 4.91. The molecular formula is C36H70O. The van der Waals surface area contributed by atoms with E-state index in [-0.39, 0.29) is 6.10 Å². The van der Waals surface area contributed by atoms with E-state index < -0.39 is 0 Å². The van der Waals surface area contributed by atoms with Gasteiger partial charge in [-0.1, -0.05) is 181 Å². The monoisotopic (exact) mass is 519 g/mol. The third-order valence-corrected chi connectivity index (χ3v) is 7.75. The fraction of sp³-hybridized carbons (Fsp3) is 0.889. The zero-order valence-corrected chi connectivity index (χ0v) is 26.1. The van der Waals surface area contributed by atoms with Crippen LogP contribution >= 0.6 is 0 Å². The van der Waals surface area contributed by atoms with Crippen LogP contribution in [0.25, 0.3) is 0 Å². The van der Waals surface area contributed by atoms with E-state index in [2.05, 4.69) is 39.0 Å². The molecule has 0 aromatic carbocycles. The van der Waals surface area contributed by atoms with Gasteiger partial charge in [0.05, 0.1) is 6.26 Å². The molecule has 37 heavy (non-hydrogen) atoms. The minimum atomic E-state index is 0.272. The first-order valence-corrected chi connectivity index (χ1v) is 17.3. The van der Waals surface area contributed by atoms with Gasteiger partial charge in [-0.15, -0.1) is 0 Å². The summed E-state index contributed by atoms with van der Waals surface area (Å²) in [5.41, 5.74) is 0. The zero-order valence-electron chi connectivity index (χ0n) is 26.1. The molecular weight excluding hydrogens is 448 g/mol. The van der Waals surface area contributed by atoms with Crippen LogP contribution in [0.5, 0.6) is 0 Å². The lowest BCUT2D eigenvalue weighted by molar-refractivity contribution is 0.173. The van der Waals surface area contributed by atoms with Gasteiger partial charge in [-0.25, -0.2) is 0 Å². The van der Waals surface area contributed by atoms with Crippen LogP contribution < -0.4 is 0 Å². The Morgan fingerprint density at radius 2 is 0.811 bits per heavy atom. The standard InChI is InChI=1S/C36H70O/c1-4-7-10-12-14-15-16-17-18-19-20-21-22-23-24-25-26-28-30-32-34-36(37-35-9-6-3)33-31-29-27-13-11-8-5-2/h9,32,34-36H,4-8,10-31,33H2,1-3H3/b34-32+,35-9+. The van der Waals surface area contributed by atoms with E-state index in [0.717, 1.165) is 12.8 Å². The molecule has 0 aliphatic carbocycles. The van der Waals surface area contributed by atoms with E-state index in [1.807, 2.05) is 6.26 Å². The average Bonchev–Trinajstić information content (AvgIpc) is 2.91. The summed E-state index contributed by atoms with van der Waals surface area (Å²) in [5.74, 6) is 0. The van der Waals surface area contributed by atoms with Crippen molar-refractivity contribution in [3.63, 3.8) is 0 Å². The maximum absolute atomic E-state index is 6.00. The number of rotatable bonds is 31. The number of unbranched alkanes of at least 4 members (excludes halogenated alkanes) is 24. The zero-order chi connectivity index (χ0) is 26.9. The molecule has 1 unspecified atom stereocenters. The maximum Gasteiger partial charge on any atom is 0.116 e. The molecule has 0 saturated heterocycles. The van der Waals surface area contributed by atoms with E-state index in [0.29, 0.717) is 0 Å². The van der Waals surface area contributed by atoms with Crippen molar-refractivity contribution in [3.05, 3.63) is 24.5 Å². The summed E-state index contributed by atoms with van der Waals surface area (Å²) in [7, 11) is 0. The molecule has 0 spiro atoms. The smallest absolute Gasteiger partial charge is 0.116 e. The van der Waals surface area contributed by atoms with Crippen molar-refractivity contribution >= 4 is 0 Å². The van der Waals surface area contributed by atoms with Crippen molar-refractivity contribution in [2.45, 2.75) is 207 Å². The Labute approximate surface area is 235 Å². The van der Waals surface area contributed by atoms with Crippen LogP contribution in [0.2, 0.25) is 0 Å². The van der Waals surface area contributed by atoms with Gasteiger partial charge in [-0.2, -0.15) is 0 Å². The Morgan fingerprint density at radius 1 is 0.432 bits per heavy atom. The van der Waals surface area contributed by atoms with Gasteiger partial charge in [0.1, 0.15) is 6.10 Å². The Morgan fingerprint density at radius 3 is 1.22 bits per heavy atom. The van der Waals surface area contributed by atoms with Crippen molar-refractivity contribution in [3.8, 4) is 0 Å². The molecule has 0 N–H and O–H groups in total. The number of ether oxygens (including phenoxy) is 1. The minimum Gasteiger partial charge on any atom is -0.494 e. The summed E-state index contributed by atoms with van der Waals surface area (Å²) in [6, 6.07) is 0. The lowest BCUT2D eigenvalue weighted by Gasteiger charge is -2.13. The molecule has 220 valence electrons. The molecule has 1 heteroatoms. The largest absolute Gasteiger partial charge is 0.494 e. The van der Waals surface area contributed by atoms with E-state index in [9.17, 15) is 0 Å². The Kier molecular flexibility index (Phi) is 32.7. The van der Waals surface area contributed by atoms with E-state index in [1.165, 1.54) is 167 Å². The van der Waals surface area contributed by atoms with Gasteiger partial charge in [0.25, 0.3) is 0 Å². The molecule has 1 atom stereocenters. The topological polar surface area (TPSA) is 9.23 Å². The predicted molar refractivity (Wildman–Crippen MR) is 169 cm³/mol. The van der Waals surface area contributed by atoms with Gasteiger partial charge in [0.2, 0.25) is 0 Å². The third kappa shape index (κ3) is 31.4. The first kappa shape index (κ1) is 36.3. The van der Waals surface area contributed by atoms with Crippen molar-refractivity contribution < 1.29 is 4.74 Å². The van der Waals surface area contributed by atoms with E-state index in [4.69, 9.17) is 4.74 Å². The van der Waals surface area contributed by atoms with Crippen molar-refractivity contribution in [2.24, 2.45) is 0 Å². The molecule has 1 nitrogen and oxygen atoms in total. The van der Waals surface area contributed by atoms with Crippen LogP contribution in [-0.2, 0) is 4.74 Å². The lowest BCUT2D eigenvalue weighted by Crippen LogP contribution is -2.06. The lowest BCUT2D eigenvalue weighted by atomic mass is 10.0. The molecule has 0 aliphatic heterocycles. The SMILES string of the molecule is CC/C=C/OC(/C=C/CCCCCCCCCCCCCCCCCCCC)CCCCCCCCC. The third-order valence-electron chi connectivity index (χ3n) is 7.75. The predicted octanol–water partition coefficient (Wildman–Crippen LogP) is 13.4. The van der Waals surface area contributed by atoms with Crippen LogP contribution in [0.15, 0.2) is 24.5 Å². The fourth-order valence-corrected chi connectivity index (χ4v) is 5.18. The molecule has 0 rings (SSSR count). The fourth-order valence-electron chi connectivity index (χ4n) is 5.18. The summed E-state index contributed by atoms with van der Waals surface area (Å²) in [4.78, 5) is 0. The van der Waals surface area contributed by atoms with Gasteiger partial charge in [-0.05, 0) is 38.2 Å². The number of allylic oxidation sites excluding steroid dienone is 2. The highest BCUT2D eigenvalue weighted by Crippen LogP contribution is 2.16. The van der Waals surface area contributed by atoms with Crippen LogP contribution in [0.4, 0.5) is 0 Å². The Balaban J connectivity index is 3.54. The second-order valence-electron chi connectivity index (χ2n) is 11.6. The van der Waals surface area contributed by atoms with Crippen LogP contribution in [0, 0.1) is 0 Å². The molecule has 0 radical (unpaired) electrons. The quantitative estimate of drug-likeness (QED) is 0.0503. The van der Waals surface area contributed by atoms with E-state index >= 15 is 0 Å². The summed E-state index contributed by atoms with van der Waals surface area (Å²) >= 11 is 0. The van der Waals surface area contributed by atoms with Crippen LogP contribution in [-0.4, -0.2) is 6.10 Å². The highest BCUT2D eigenvalue weighted by Gasteiger charge is 2.03. The molecule has 0 aliphatic rings. The molecule has 0 amide bonds. The van der Waals surface area contributed by atoms with Crippen molar-refractivity contribution in [1.29, 1.82) is 0 Å². The van der Waals surface area contributed by atoms with Gasteiger partial charge in [0.15, 0.2) is 0 Å². The van der Waals surface area contributed by atoms with Gasteiger partial charge >= 0.3 is 0 Å². The second kappa shape index (κ2) is 33.3. The second-order valence-corrected chi connectivity index (χ2v) is 11.6. The molecule has 0 aromatic rings. The van der Waals surface area contributed by atoms with Crippen molar-refractivity contribution in [2.75, 3.05) is 0 Å². The molecule has 0 saturated carbocycles. The first-order chi connectivity index (χ1) is 18.3. The average molecular weight is 519 g/mol. The van der Waals surface area contributed by atoms with Gasteiger partial charge < -0.3 is 4.74 Å². The van der Waals surface area contributed by atoms with Crippen LogP contribution in [0.3, 0.4) is 0 Å². The normalized spacial score (nSPS) is 12.7. The molecule has 0 fully saturated rings. The molecule has 0 heterocycles. The maximum atomic E-state index is 6.00. The summed E-state index contributed by atoms with van der Waals surface area (Å²) in [5, 5.41) is 0. The Bertz CT molecular complexity index is 452. The summed E-state index contributed by atoms with van der Waals surface area (Å²) < 4.78 is 6.00. The number of hydrogen-bond acceptors (Lipinski definition) is 1. The Hall–Kier alpha value is -0.720. The number of hydrogen-bond donors (Lipinski definition) is 0. The van der Waals surface area contributed by atoms with E-state index in [1.54, 1.807) is 0 Å². The molecule has 0 bridgehead atoms.